The van der Waals surface area contributed by atoms with Crippen molar-refractivity contribution in [1.82, 2.24) is 5.32 Å². The maximum absolute atomic E-state index is 12.4. The Hall–Kier alpha value is -1.04. The molecule has 1 saturated carbocycles. The van der Waals surface area contributed by atoms with Crippen LogP contribution < -0.4 is 5.32 Å². The van der Waals surface area contributed by atoms with E-state index in [-0.39, 0.29) is 0 Å². The van der Waals surface area contributed by atoms with Crippen LogP contribution >= 0.6 is 0 Å². The minimum atomic E-state index is -1.28. The second kappa shape index (κ2) is 8.88. The van der Waals surface area contributed by atoms with Crippen molar-refractivity contribution < 1.29 is 19.1 Å². The van der Waals surface area contributed by atoms with Crippen molar-refractivity contribution in [2.45, 2.75) is 64.5 Å². The van der Waals surface area contributed by atoms with Gasteiger partial charge < -0.3 is 14.8 Å². The molecule has 0 bridgehead atoms. The smallest absolute Gasteiger partial charge is 0.408 e. The van der Waals surface area contributed by atoms with Crippen LogP contribution in [0.3, 0.4) is 0 Å². The lowest BCUT2D eigenvalue weighted by molar-refractivity contribution is -0.145. The number of hydrogen-bond acceptors (Lipinski definition) is 4. The monoisotopic (exact) mass is 352 g/mol. The number of rotatable bonds is 7. The molecule has 0 aliphatic heterocycles. The van der Waals surface area contributed by atoms with Crippen LogP contribution in [0.25, 0.3) is 0 Å². The molecule has 5 nitrogen and oxygen atoms in total. The summed E-state index contributed by atoms with van der Waals surface area (Å²) in [6, 6.07) is 0.151. The Bertz CT molecular complexity index is 420. The Labute approximate surface area is 147 Å². The predicted octanol–water partition coefficient (Wildman–Crippen LogP) is 3.56. The van der Waals surface area contributed by atoms with Gasteiger partial charge in [0.2, 0.25) is 0 Å². The normalized spacial score (nSPS) is 17.4. The van der Waals surface area contributed by atoms with Gasteiger partial charge in [-0.15, -0.1) is 0 Å². The minimum absolute atomic E-state index is 0.387. The van der Waals surface area contributed by atoms with Crippen molar-refractivity contribution in [3.63, 3.8) is 0 Å². The third kappa shape index (κ3) is 9.30. The summed E-state index contributed by atoms with van der Waals surface area (Å²) in [5.74, 6) is 0.554. The van der Waals surface area contributed by atoms with Crippen LogP contribution in [-0.4, -0.2) is 38.4 Å². The second-order valence-corrected chi connectivity index (χ2v) is 13.8. The summed E-state index contributed by atoms with van der Waals surface area (Å²) in [5.41, 5.74) is -0.614. The molecule has 135 valence electrons. The van der Waals surface area contributed by atoms with Gasteiger partial charge in [-0.3, -0.25) is 0 Å². The highest BCUT2D eigenvalue weighted by Gasteiger charge is 2.30. The highest BCUT2D eigenvalue weighted by Crippen LogP contribution is 2.27. The van der Waals surface area contributed by atoms with Crippen LogP contribution in [0, 0.1) is 31.6 Å². The summed E-state index contributed by atoms with van der Waals surface area (Å²) in [7, 11) is -1.28. The van der Waals surface area contributed by atoms with Gasteiger partial charge in [0.25, 0.3) is 0 Å². The van der Waals surface area contributed by atoms with Crippen LogP contribution in [0.15, 0.2) is 0 Å². The van der Waals surface area contributed by atoms with Gasteiger partial charge in [-0.05, 0) is 64.8 Å². The Balaban J connectivity index is 2.58. The van der Waals surface area contributed by atoms with Gasteiger partial charge in [-0.1, -0.05) is 19.6 Å². The number of hydrogen-bond donors (Lipinski definition) is 1. The van der Waals surface area contributed by atoms with Gasteiger partial charge in [0.1, 0.15) is 11.6 Å². The van der Waals surface area contributed by atoms with Crippen molar-refractivity contribution in [3.05, 3.63) is 31.6 Å². The molecule has 0 spiro atoms. The summed E-state index contributed by atoms with van der Waals surface area (Å²) >= 11 is 0. The fourth-order valence-electron chi connectivity index (χ4n) is 1.99. The molecule has 1 amide bonds. The molecule has 1 rings (SSSR count). The molecule has 0 aromatic rings. The summed E-state index contributed by atoms with van der Waals surface area (Å²) in [5, 5.41) is 2.63. The molecule has 0 heterocycles. The molecule has 5 radical (unpaired) electrons. The van der Waals surface area contributed by atoms with Crippen LogP contribution in [0.4, 0.5) is 4.79 Å². The SMILES string of the molecule is CC(C)(C)OC(=O)N[C@@H](C[C]1[CH][CH][CH][CH]1)C(=O)OCC[Si](C)(C)C. The highest BCUT2D eigenvalue weighted by molar-refractivity contribution is 6.76. The van der Waals surface area contributed by atoms with E-state index in [9.17, 15) is 9.59 Å². The van der Waals surface area contributed by atoms with Gasteiger partial charge >= 0.3 is 12.1 Å². The van der Waals surface area contributed by atoms with Crippen LogP contribution in [-0.2, 0) is 14.3 Å². The van der Waals surface area contributed by atoms with E-state index in [1.165, 1.54) is 0 Å². The molecule has 1 aliphatic rings. The maximum atomic E-state index is 12.4. The molecule has 0 saturated heterocycles. The van der Waals surface area contributed by atoms with Crippen molar-refractivity contribution in [2.75, 3.05) is 6.61 Å². The first-order valence-electron chi connectivity index (χ1n) is 8.33. The van der Waals surface area contributed by atoms with Gasteiger partial charge in [-0.2, -0.15) is 0 Å². The maximum Gasteiger partial charge on any atom is 0.408 e. The first-order chi connectivity index (χ1) is 11.0. The van der Waals surface area contributed by atoms with Crippen LogP contribution in [0.5, 0.6) is 0 Å². The van der Waals surface area contributed by atoms with Crippen LogP contribution in [0.2, 0.25) is 25.7 Å². The Morgan fingerprint density at radius 1 is 1.17 bits per heavy atom. The molecule has 1 aliphatic carbocycles. The molecule has 6 heteroatoms. The van der Waals surface area contributed by atoms with E-state index in [2.05, 4.69) is 25.0 Å². The van der Waals surface area contributed by atoms with Crippen molar-refractivity contribution >= 4 is 20.1 Å². The van der Waals surface area contributed by atoms with E-state index in [0.717, 1.165) is 12.0 Å². The van der Waals surface area contributed by atoms with Gasteiger partial charge in [0, 0.05) is 8.07 Å². The van der Waals surface area contributed by atoms with Gasteiger partial charge in [0.15, 0.2) is 0 Å². The number of nitrogens with one attached hydrogen (secondary N) is 1. The lowest BCUT2D eigenvalue weighted by Gasteiger charge is -2.24. The molecular formula is C18H30NO4Si. The number of esters is 1. The minimum Gasteiger partial charge on any atom is -0.464 e. The van der Waals surface area contributed by atoms with E-state index >= 15 is 0 Å². The number of carbonyl (C=O) groups is 2. The standard InChI is InChI=1S/C18H30NO4Si/c1-18(2,3)23-17(21)19-15(13-14-9-7-8-10-14)16(20)22-11-12-24(4,5)6/h7-10,15H,11-13H2,1-6H3,(H,19,21)/t15-/m0/s1. The van der Waals surface area contributed by atoms with Crippen LogP contribution in [0.1, 0.15) is 27.2 Å². The third-order valence-corrected chi connectivity index (χ3v) is 4.95. The average molecular weight is 353 g/mol. The van der Waals surface area contributed by atoms with E-state index in [1.54, 1.807) is 20.8 Å². The zero-order chi connectivity index (χ0) is 18.4. The zero-order valence-corrected chi connectivity index (χ0v) is 16.6. The predicted molar refractivity (Wildman–Crippen MR) is 97.3 cm³/mol. The lowest BCUT2D eigenvalue weighted by atomic mass is 9.98. The van der Waals surface area contributed by atoms with Crippen molar-refractivity contribution in [1.29, 1.82) is 0 Å². The zero-order valence-electron chi connectivity index (χ0n) is 15.6. The Morgan fingerprint density at radius 3 is 2.25 bits per heavy atom. The molecule has 0 unspecified atom stereocenters. The van der Waals surface area contributed by atoms with E-state index in [4.69, 9.17) is 9.47 Å². The topological polar surface area (TPSA) is 64.6 Å². The number of carbonyl (C=O) groups excluding carboxylic acids is 2. The Kier molecular flexibility index (Phi) is 7.77. The molecular weight excluding hydrogens is 322 g/mol. The molecule has 0 aromatic heterocycles. The number of amides is 1. The first-order valence-corrected chi connectivity index (χ1v) is 12.0. The number of alkyl carbamates (subject to hydrolysis) is 1. The first kappa shape index (κ1) is 21.0. The molecule has 0 aromatic carbocycles. The second-order valence-electron chi connectivity index (χ2n) is 8.17. The highest BCUT2D eigenvalue weighted by atomic mass is 28.3. The average Bonchev–Trinajstić information content (AvgIpc) is 2.86. The van der Waals surface area contributed by atoms with Gasteiger partial charge in [0.05, 0.1) is 6.61 Å². The summed E-state index contributed by atoms with van der Waals surface area (Å²) in [6.45, 7) is 12.4. The van der Waals surface area contributed by atoms with E-state index in [1.807, 2.05) is 25.7 Å². The fourth-order valence-corrected chi connectivity index (χ4v) is 2.70. The summed E-state index contributed by atoms with van der Waals surface area (Å²) in [4.78, 5) is 24.4. The largest absolute Gasteiger partial charge is 0.464 e. The summed E-state index contributed by atoms with van der Waals surface area (Å²) < 4.78 is 10.6. The molecule has 1 atom stereocenters. The van der Waals surface area contributed by atoms with Crippen molar-refractivity contribution in [2.24, 2.45) is 0 Å². The third-order valence-electron chi connectivity index (χ3n) is 3.24. The molecule has 1 fully saturated rings. The Morgan fingerprint density at radius 2 is 1.75 bits per heavy atom. The van der Waals surface area contributed by atoms with Gasteiger partial charge in [-0.25, -0.2) is 9.59 Å². The molecule has 1 N–H and O–H groups in total. The van der Waals surface area contributed by atoms with E-state index in [0.29, 0.717) is 13.0 Å². The van der Waals surface area contributed by atoms with E-state index < -0.39 is 31.8 Å². The number of ether oxygens (including phenoxy) is 2. The fraction of sp³-hybridized carbons (Fsp3) is 0.611. The quantitative estimate of drug-likeness (QED) is 0.562. The molecule has 24 heavy (non-hydrogen) atoms. The van der Waals surface area contributed by atoms with Crippen molar-refractivity contribution in [3.8, 4) is 0 Å². The lowest BCUT2D eigenvalue weighted by Crippen LogP contribution is -2.45. The summed E-state index contributed by atoms with van der Waals surface area (Å²) in [6.07, 6.45) is 7.41.